The number of aliphatic hydroxyl groups is 15. The molecule has 0 aromatic heterocycles. The van der Waals surface area contributed by atoms with Crippen LogP contribution in [0.15, 0.2) is 11.6 Å². The van der Waals surface area contributed by atoms with Gasteiger partial charge in [0.15, 0.2) is 25.2 Å². The van der Waals surface area contributed by atoms with Gasteiger partial charge in [-0.15, -0.1) is 0 Å². The van der Waals surface area contributed by atoms with Crippen molar-refractivity contribution in [1.29, 1.82) is 0 Å². The van der Waals surface area contributed by atoms with Crippen LogP contribution in [0.4, 0.5) is 0 Å². The number of carbonyl (C=O) groups excluding carboxylic acids is 1. The lowest BCUT2D eigenvalue weighted by atomic mass is 9.34. The third-order valence-electron chi connectivity index (χ3n) is 23.3. The Bertz CT molecular complexity index is 2350. The third kappa shape index (κ3) is 10.9. The number of rotatable bonds is 14. The summed E-state index contributed by atoms with van der Waals surface area (Å²) in [7, 11) is 0. The Morgan fingerprint density at radius 1 is 0.588 bits per heavy atom. The minimum atomic E-state index is -1.90. The van der Waals surface area contributed by atoms with Gasteiger partial charge in [0, 0.05) is 5.41 Å². The molecule has 0 aromatic carbocycles. The molecular formula is C59H96O26. The highest BCUT2D eigenvalue weighted by molar-refractivity contribution is 5.79. The number of hydrogen-bond acceptors (Lipinski definition) is 26. The molecule has 10 rings (SSSR count). The Balaban J connectivity index is 0.834. The Hall–Kier alpha value is -1.75. The SMILES string of the molecule is CC(C)C1CCC2(C(=O)OC3OC(COC4OC(CO)C(OC5OC(C)C(O)C(O)C5O)C(O)C4O)C(O)C(O)C3O)CCC3(C)C(=CCC4C5(C)CCC(OC6OCC(O)C(O)C6OC6OC(C)C(O)C(O)C6O)C(C)(CO)C5CCC43C)C12. The van der Waals surface area contributed by atoms with E-state index < -0.39 is 189 Å². The van der Waals surface area contributed by atoms with Crippen molar-refractivity contribution in [1.82, 2.24) is 0 Å². The standard InChI is InChI=1S/C59H96O26/c1-23(2)26-11-16-59(54(75)85-52-45(73)41(69)38(66)30(81-52)21-77-49-46(74)42(70)47(29(19-60)80-49)83-50-43(71)39(67)35(63)24(3)78-50)18-17-57(7)27(34(26)59)9-10-32-55(5)14-13-33(56(6,22-61)31(55)12-15-58(32,57)8)82-53-48(37(65)28(62)20-76-53)84-51-44(72)40(68)36(64)25(4)79-51/h9,23-26,28-53,60-74H,10-22H2,1-8H3. The highest BCUT2D eigenvalue weighted by atomic mass is 16.8. The molecule has 4 saturated carbocycles. The summed E-state index contributed by atoms with van der Waals surface area (Å²) in [4.78, 5) is 15.2. The van der Waals surface area contributed by atoms with Crippen molar-refractivity contribution in [3.63, 3.8) is 0 Å². The van der Waals surface area contributed by atoms with E-state index in [2.05, 4.69) is 40.7 Å². The molecule has 26 nitrogen and oxygen atoms in total. The lowest BCUT2D eigenvalue weighted by Crippen LogP contribution is -2.67. The van der Waals surface area contributed by atoms with E-state index in [1.54, 1.807) is 0 Å². The molecule has 5 saturated heterocycles. The molecule has 85 heavy (non-hydrogen) atoms. The molecular weight excluding hydrogens is 1120 g/mol. The first-order valence-electron chi connectivity index (χ1n) is 30.7. The summed E-state index contributed by atoms with van der Waals surface area (Å²) in [5.74, 6) is -0.603. The topological polar surface area (TPSA) is 413 Å². The van der Waals surface area contributed by atoms with E-state index in [0.29, 0.717) is 44.9 Å². The van der Waals surface area contributed by atoms with Crippen LogP contribution in [0.25, 0.3) is 0 Å². The molecule has 5 heterocycles. The van der Waals surface area contributed by atoms with Crippen LogP contribution in [0.2, 0.25) is 0 Å². The van der Waals surface area contributed by atoms with Crippen LogP contribution in [0, 0.1) is 56.7 Å². The first-order valence-corrected chi connectivity index (χ1v) is 30.7. The van der Waals surface area contributed by atoms with Crippen molar-refractivity contribution < 1.29 is 129 Å². The van der Waals surface area contributed by atoms with Crippen LogP contribution in [0.3, 0.4) is 0 Å². The van der Waals surface area contributed by atoms with Crippen molar-refractivity contribution in [3.05, 3.63) is 11.6 Å². The minimum Gasteiger partial charge on any atom is -0.432 e. The number of esters is 1. The van der Waals surface area contributed by atoms with Gasteiger partial charge in [0.25, 0.3) is 0 Å². The molecule has 0 radical (unpaired) electrons. The summed E-state index contributed by atoms with van der Waals surface area (Å²) in [6.07, 6.45) is -30.1. The molecule has 0 spiro atoms. The summed E-state index contributed by atoms with van der Waals surface area (Å²) < 4.78 is 59.5. The van der Waals surface area contributed by atoms with Gasteiger partial charge in [-0.25, -0.2) is 0 Å². The number of aliphatic hydroxyl groups excluding tert-OH is 15. The van der Waals surface area contributed by atoms with E-state index in [-0.39, 0.29) is 53.6 Å². The highest BCUT2D eigenvalue weighted by Gasteiger charge is 2.72. The van der Waals surface area contributed by atoms with Crippen LogP contribution in [0.5, 0.6) is 0 Å². The van der Waals surface area contributed by atoms with Gasteiger partial charge in [-0.3, -0.25) is 4.79 Å². The summed E-state index contributed by atoms with van der Waals surface area (Å²) >= 11 is 0. The number of fused-ring (bicyclic) bond motifs is 7. The first-order chi connectivity index (χ1) is 39.9. The average molecular weight is 1220 g/mol. The average Bonchev–Trinajstić information content (AvgIpc) is 1.62. The molecule has 488 valence electrons. The first kappa shape index (κ1) is 66.2. The Morgan fingerprint density at radius 3 is 1.79 bits per heavy atom. The molecule has 5 aliphatic carbocycles. The van der Waals surface area contributed by atoms with Gasteiger partial charge in [-0.2, -0.15) is 0 Å². The maximum Gasteiger partial charge on any atom is 0.315 e. The summed E-state index contributed by atoms with van der Waals surface area (Å²) in [6, 6.07) is 0. The van der Waals surface area contributed by atoms with E-state index in [1.807, 2.05) is 6.92 Å². The van der Waals surface area contributed by atoms with Gasteiger partial charge in [0.05, 0.1) is 50.2 Å². The van der Waals surface area contributed by atoms with Gasteiger partial charge >= 0.3 is 5.97 Å². The Kier molecular flexibility index (Phi) is 19.2. The van der Waals surface area contributed by atoms with Crippen molar-refractivity contribution in [2.45, 2.75) is 267 Å². The minimum absolute atomic E-state index is 0.0658. The van der Waals surface area contributed by atoms with Gasteiger partial charge in [-0.05, 0) is 117 Å². The van der Waals surface area contributed by atoms with Crippen LogP contribution < -0.4 is 0 Å². The third-order valence-corrected chi connectivity index (χ3v) is 23.3. The zero-order valence-electron chi connectivity index (χ0n) is 49.8. The second kappa shape index (κ2) is 24.7. The molecule has 26 heteroatoms. The van der Waals surface area contributed by atoms with Gasteiger partial charge < -0.3 is 124 Å². The molecule has 15 N–H and O–H groups in total. The maximum absolute atomic E-state index is 15.2. The van der Waals surface area contributed by atoms with Crippen LogP contribution in [-0.4, -0.2) is 263 Å². The van der Waals surface area contributed by atoms with E-state index in [0.717, 1.165) is 12.8 Å². The van der Waals surface area contributed by atoms with Crippen molar-refractivity contribution >= 4 is 5.97 Å². The second-order valence-electron chi connectivity index (χ2n) is 28.0. The van der Waals surface area contributed by atoms with Crippen LogP contribution >= 0.6 is 0 Å². The van der Waals surface area contributed by atoms with E-state index in [4.69, 9.17) is 47.4 Å². The fraction of sp³-hybridized carbons (Fsp3) is 0.949. The van der Waals surface area contributed by atoms with Gasteiger partial charge in [-0.1, -0.05) is 53.2 Å². The second-order valence-corrected chi connectivity index (χ2v) is 28.0. The number of ether oxygens (including phenoxy) is 10. The largest absolute Gasteiger partial charge is 0.432 e. The molecule has 0 amide bonds. The zero-order valence-corrected chi connectivity index (χ0v) is 49.8. The molecule has 10 aliphatic rings. The van der Waals surface area contributed by atoms with Crippen molar-refractivity contribution in [2.75, 3.05) is 26.4 Å². The smallest absolute Gasteiger partial charge is 0.315 e. The van der Waals surface area contributed by atoms with E-state index in [9.17, 15) is 76.6 Å². The predicted molar refractivity (Wildman–Crippen MR) is 288 cm³/mol. The fourth-order valence-corrected chi connectivity index (χ4v) is 17.8. The van der Waals surface area contributed by atoms with Crippen molar-refractivity contribution in [2.24, 2.45) is 56.7 Å². The van der Waals surface area contributed by atoms with Crippen molar-refractivity contribution in [3.8, 4) is 0 Å². The zero-order chi connectivity index (χ0) is 61.9. The summed E-state index contributed by atoms with van der Waals surface area (Å²) in [6.45, 7) is 14.3. The normalized spacial score (nSPS) is 55.4. The number of allylic oxidation sites excluding steroid dienone is 2. The fourth-order valence-electron chi connectivity index (χ4n) is 17.8. The number of carbonyl (C=O) groups is 1. The molecule has 34 atom stereocenters. The number of hydrogen-bond donors (Lipinski definition) is 15. The van der Waals surface area contributed by atoms with Crippen LogP contribution in [-0.2, 0) is 52.2 Å². The molecule has 34 unspecified atom stereocenters. The Labute approximate surface area is 494 Å². The Morgan fingerprint density at radius 2 is 1.18 bits per heavy atom. The van der Waals surface area contributed by atoms with Gasteiger partial charge in [0.1, 0.15) is 104 Å². The maximum atomic E-state index is 15.2. The van der Waals surface area contributed by atoms with E-state index >= 15 is 4.79 Å². The molecule has 0 aromatic rings. The van der Waals surface area contributed by atoms with Gasteiger partial charge in [0.2, 0.25) is 6.29 Å². The summed E-state index contributed by atoms with van der Waals surface area (Å²) in [5, 5.41) is 163. The molecule has 0 bridgehead atoms. The molecule has 9 fully saturated rings. The monoisotopic (exact) mass is 1220 g/mol. The lowest BCUT2D eigenvalue weighted by molar-refractivity contribution is -0.365. The van der Waals surface area contributed by atoms with E-state index in [1.165, 1.54) is 19.4 Å². The van der Waals surface area contributed by atoms with Crippen LogP contribution in [0.1, 0.15) is 113 Å². The lowest BCUT2D eigenvalue weighted by Gasteiger charge is -2.71. The quantitative estimate of drug-likeness (QED) is 0.0478. The predicted octanol–water partition coefficient (Wildman–Crippen LogP) is -2.69. The summed E-state index contributed by atoms with van der Waals surface area (Å²) in [5.41, 5.74) is -1.72. The highest BCUT2D eigenvalue weighted by Crippen LogP contribution is 2.76. The molecule has 5 aliphatic heterocycles.